The zero-order valence-corrected chi connectivity index (χ0v) is 19.0. The van der Waals surface area contributed by atoms with Gasteiger partial charge in [0.25, 0.3) is 0 Å². The first-order valence-corrected chi connectivity index (χ1v) is 12.3. The molecule has 9 rings (SSSR count). The quantitative estimate of drug-likeness (QED) is 0.217. The van der Waals surface area contributed by atoms with Crippen LogP contribution in [0.1, 0.15) is 22.3 Å². The summed E-state index contributed by atoms with van der Waals surface area (Å²) in [5.74, 6) is 0. The van der Waals surface area contributed by atoms with Gasteiger partial charge in [0, 0.05) is 16.2 Å². The number of aromatic nitrogens is 2. The van der Waals surface area contributed by atoms with Gasteiger partial charge in [0.05, 0.1) is 16.6 Å². The van der Waals surface area contributed by atoms with Crippen LogP contribution in [-0.2, 0) is 12.8 Å². The Bertz CT molecular complexity index is 2060. The molecule has 2 aliphatic carbocycles. The van der Waals surface area contributed by atoms with E-state index >= 15 is 0 Å². The first-order chi connectivity index (χ1) is 17.4. The van der Waals surface area contributed by atoms with E-state index in [9.17, 15) is 0 Å². The maximum absolute atomic E-state index is 5.29. The molecule has 0 radical (unpaired) electrons. The van der Waals surface area contributed by atoms with E-state index in [2.05, 4.69) is 101 Å². The molecule has 2 aromatic heterocycles. The van der Waals surface area contributed by atoms with E-state index in [1.54, 1.807) is 0 Å². The summed E-state index contributed by atoms with van der Waals surface area (Å²) in [4.78, 5) is 5.29. The molecule has 2 heterocycles. The van der Waals surface area contributed by atoms with Crippen molar-refractivity contribution in [3.8, 4) is 22.3 Å². The largest absolute Gasteiger partial charge is 0.292 e. The number of hydrogen-bond donors (Lipinski definition) is 0. The number of para-hydroxylation sites is 3. The Morgan fingerprint density at radius 3 is 1.86 bits per heavy atom. The van der Waals surface area contributed by atoms with E-state index in [1.807, 2.05) is 0 Å². The summed E-state index contributed by atoms with van der Waals surface area (Å²) < 4.78 is 2.39. The van der Waals surface area contributed by atoms with Crippen LogP contribution < -0.4 is 0 Å². The Morgan fingerprint density at radius 1 is 0.543 bits per heavy atom. The molecule has 0 atom stereocenters. The van der Waals surface area contributed by atoms with E-state index in [0.29, 0.717) is 0 Å². The number of benzene rings is 5. The van der Waals surface area contributed by atoms with Gasteiger partial charge < -0.3 is 0 Å². The topological polar surface area (TPSA) is 17.3 Å². The highest BCUT2D eigenvalue weighted by Gasteiger charge is 2.33. The van der Waals surface area contributed by atoms with Crippen molar-refractivity contribution in [3.63, 3.8) is 0 Å². The minimum Gasteiger partial charge on any atom is -0.292 e. The molecule has 0 bridgehead atoms. The van der Waals surface area contributed by atoms with Crippen LogP contribution in [0.4, 0.5) is 0 Å². The Labute approximate surface area is 202 Å². The highest BCUT2D eigenvalue weighted by molar-refractivity contribution is 6.25. The van der Waals surface area contributed by atoms with E-state index in [1.165, 1.54) is 71.7 Å². The van der Waals surface area contributed by atoms with Gasteiger partial charge >= 0.3 is 0 Å². The number of nitrogens with zero attached hydrogens (tertiary/aromatic N) is 2. The number of rotatable bonds is 0. The Hall–Kier alpha value is -4.43. The van der Waals surface area contributed by atoms with Gasteiger partial charge in [-0.25, -0.2) is 4.98 Å². The molecule has 2 aliphatic rings. The van der Waals surface area contributed by atoms with Gasteiger partial charge in [-0.3, -0.25) is 4.40 Å². The summed E-state index contributed by atoms with van der Waals surface area (Å²) in [6.07, 6.45) is 2.00. The lowest BCUT2D eigenvalue weighted by molar-refractivity contribution is 1.17. The van der Waals surface area contributed by atoms with Crippen LogP contribution in [0.25, 0.3) is 60.6 Å². The molecule has 0 amide bonds. The van der Waals surface area contributed by atoms with Crippen LogP contribution in [-0.4, -0.2) is 9.38 Å². The Balaban J connectivity index is 1.65. The van der Waals surface area contributed by atoms with Gasteiger partial charge in [-0.15, -0.1) is 0 Å². The highest BCUT2D eigenvalue weighted by atomic mass is 15.0. The molecule has 0 N–H and O–H groups in total. The van der Waals surface area contributed by atoms with Gasteiger partial charge in [-0.2, -0.15) is 0 Å². The maximum atomic E-state index is 5.29. The van der Waals surface area contributed by atoms with Crippen molar-refractivity contribution in [2.75, 3.05) is 0 Å². The van der Waals surface area contributed by atoms with E-state index < -0.39 is 0 Å². The second-order valence-electron chi connectivity index (χ2n) is 9.90. The molecule has 0 unspecified atom stereocenters. The number of imidazole rings is 1. The molecule has 0 fully saturated rings. The first-order valence-electron chi connectivity index (χ1n) is 12.3. The minimum atomic E-state index is 0.997. The molecule has 5 aromatic carbocycles. The lowest BCUT2D eigenvalue weighted by atomic mass is 9.87. The number of fused-ring (bicyclic) bond motifs is 17. The molecule has 2 nitrogen and oxygen atoms in total. The van der Waals surface area contributed by atoms with E-state index in [-0.39, 0.29) is 0 Å². The third kappa shape index (κ3) is 2.10. The van der Waals surface area contributed by atoms with Crippen LogP contribution in [0.15, 0.2) is 97.1 Å². The fourth-order valence-electron chi connectivity index (χ4n) is 6.87. The smallest absolute Gasteiger partial charge is 0.147 e. The summed E-state index contributed by atoms with van der Waals surface area (Å²) in [5.41, 5.74) is 16.0. The molecule has 162 valence electrons. The van der Waals surface area contributed by atoms with Gasteiger partial charge in [-0.05, 0) is 75.5 Å². The van der Waals surface area contributed by atoms with Gasteiger partial charge in [0.15, 0.2) is 0 Å². The van der Waals surface area contributed by atoms with Crippen LogP contribution in [0.3, 0.4) is 0 Å². The fourth-order valence-corrected chi connectivity index (χ4v) is 6.87. The zero-order chi connectivity index (χ0) is 22.7. The molecule has 7 aromatic rings. The van der Waals surface area contributed by atoms with Crippen molar-refractivity contribution in [2.24, 2.45) is 0 Å². The lowest BCUT2D eigenvalue weighted by Crippen LogP contribution is -1.98. The fraction of sp³-hybridized carbons (Fsp3) is 0.0606. The first kappa shape index (κ1) is 18.0. The molecule has 35 heavy (non-hydrogen) atoms. The monoisotopic (exact) mass is 444 g/mol. The summed E-state index contributed by atoms with van der Waals surface area (Å²) >= 11 is 0. The third-order valence-electron chi connectivity index (χ3n) is 8.22. The molecular weight excluding hydrogens is 424 g/mol. The maximum Gasteiger partial charge on any atom is 0.147 e. The third-order valence-corrected chi connectivity index (χ3v) is 8.22. The van der Waals surface area contributed by atoms with Crippen molar-refractivity contribution >= 4 is 38.4 Å². The van der Waals surface area contributed by atoms with E-state index in [0.717, 1.165) is 24.0 Å². The highest BCUT2D eigenvalue weighted by Crippen LogP contribution is 2.54. The normalized spacial score (nSPS) is 13.5. The van der Waals surface area contributed by atoms with Crippen LogP contribution >= 0.6 is 0 Å². The lowest BCUT2D eigenvalue weighted by Gasteiger charge is -2.18. The second kappa shape index (κ2) is 6.17. The summed E-state index contributed by atoms with van der Waals surface area (Å²) in [5, 5.41) is 3.97. The number of hydrogen-bond acceptors (Lipinski definition) is 1. The summed E-state index contributed by atoms with van der Waals surface area (Å²) in [6, 6.07) is 35.4. The predicted molar refractivity (Wildman–Crippen MR) is 144 cm³/mol. The molecule has 0 aliphatic heterocycles. The van der Waals surface area contributed by atoms with Gasteiger partial charge in [-0.1, -0.05) is 78.9 Å². The van der Waals surface area contributed by atoms with E-state index in [4.69, 9.17) is 4.98 Å². The van der Waals surface area contributed by atoms with Crippen molar-refractivity contribution in [1.82, 2.24) is 9.38 Å². The number of pyridine rings is 1. The van der Waals surface area contributed by atoms with Gasteiger partial charge in [0.2, 0.25) is 0 Å². The molecular formula is C33H20N2. The van der Waals surface area contributed by atoms with Crippen LogP contribution in [0.5, 0.6) is 0 Å². The summed E-state index contributed by atoms with van der Waals surface area (Å²) in [7, 11) is 0. The van der Waals surface area contributed by atoms with Crippen molar-refractivity contribution in [2.45, 2.75) is 12.8 Å². The van der Waals surface area contributed by atoms with Crippen molar-refractivity contribution in [3.05, 3.63) is 119 Å². The molecule has 0 saturated carbocycles. The SMILES string of the molecule is c1ccc2c(c1)Cc1c3c(c4c(c1-2)c1ccccc1n1c2ccccc2nc41)-c1ccccc1C3. The van der Waals surface area contributed by atoms with Crippen molar-refractivity contribution < 1.29 is 0 Å². The molecule has 0 spiro atoms. The van der Waals surface area contributed by atoms with Crippen molar-refractivity contribution in [1.29, 1.82) is 0 Å². The Morgan fingerprint density at radius 2 is 1.11 bits per heavy atom. The standard InChI is InChI=1S/C33H20N2/c1-3-11-21-19(9-1)17-24-25-18-20-10-2-4-12-22(20)30(25)32-31(29(21)24)23-13-5-7-15-27(23)35-28-16-8-6-14-26(28)34-33(32)35/h1-16H,17-18H2. The average molecular weight is 445 g/mol. The van der Waals surface area contributed by atoms with Crippen LogP contribution in [0, 0.1) is 0 Å². The second-order valence-corrected chi connectivity index (χ2v) is 9.90. The average Bonchev–Trinajstić information content (AvgIpc) is 3.60. The Kier molecular flexibility index (Phi) is 3.16. The zero-order valence-electron chi connectivity index (χ0n) is 19.0. The van der Waals surface area contributed by atoms with Crippen LogP contribution in [0.2, 0.25) is 0 Å². The summed E-state index contributed by atoms with van der Waals surface area (Å²) in [6.45, 7) is 0. The molecule has 2 heteroatoms. The predicted octanol–water partition coefficient (Wildman–Crippen LogP) is 7.94. The van der Waals surface area contributed by atoms with Gasteiger partial charge in [0.1, 0.15) is 5.65 Å². The minimum absolute atomic E-state index is 0.997. The molecule has 0 saturated heterocycles.